The summed E-state index contributed by atoms with van der Waals surface area (Å²) in [6, 6.07) is 66.8. The van der Waals surface area contributed by atoms with E-state index < -0.39 is 0 Å². The molecule has 1 aromatic heterocycles. The molecule has 2 nitrogen and oxygen atoms in total. The number of furan rings is 1. The molecule has 0 fully saturated rings. The van der Waals surface area contributed by atoms with E-state index in [-0.39, 0.29) is 10.8 Å². The summed E-state index contributed by atoms with van der Waals surface area (Å²) in [7, 11) is 0. The van der Waals surface area contributed by atoms with Crippen LogP contribution in [0.4, 0.5) is 17.1 Å². The lowest BCUT2D eigenvalue weighted by Gasteiger charge is -2.31. The molecule has 0 N–H and O–H groups in total. The lowest BCUT2D eigenvalue weighted by molar-refractivity contribution is 0.660. The van der Waals surface area contributed by atoms with Crippen molar-refractivity contribution in [2.45, 2.75) is 31.6 Å². The standard InChI is InChI=1S/C53H39NO/c1-52(2)45-22-12-10-19-40(45)41-28-25-37(32-47(41)52)54(36-27-30-50-44(31-36)42-20-11-13-24-49(42)55-50)38-26-29-43-48(33-38)53(3,35-17-8-5-9-18-35)46-23-14-21-39(51(43)46)34-15-6-4-7-16-34/h4-33H,1-3H3. The van der Waals surface area contributed by atoms with E-state index in [0.29, 0.717) is 0 Å². The molecule has 1 atom stereocenters. The molecule has 0 spiro atoms. The number of benzene rings is 8. The molecule has 2 aliphatic carbocycles. The molecule has 1 unspecified atom stereocenters. The van der Waals surface area contributed by atoms with Gasteiger partial charge in [-0.2, -0.15) is 0 Å². The van der Waals surface area contributed by atoms with E-state index in [1.807, 2.05) is 6.07 Å². The maximum absolute atomic E-state index is 6.32. The summed E-state index contributed by atoms with van der Waals surface area (Å²) in [5, 5.41) is 2.24. The molecule has 0 amide bonds. The highest BCUT2D eigenvalue weighted by molar-refractivity contribution is 6.07. The number of hydrogen-bond donors (Lipinski definition) is 0. The van der Waals surface area contributed by atoms with Gasteiger partial charge in [-0.05, 0) is 117 Å². The van der Waals surface area contributed by atoms with Gasteiger partial charge in [-0.15, -0.1) is 0 Å². The molecule has 0 saturated heterocycles. The van der Waals surface area contributed by atoms with Gasteiger partial charge in [0.2, 0.25) is 0 Å². The van der Waals surface area contributed by atoms with Crippen LogP contribution < -0.4 is 4.90 Å². The monoisotopic (exact) mass is 705 g/mol. The zero-order valence-electron chi connectivity index (χ0n) is 31.2. The van der Waals surface area contributed by atoms with Crippen LogP contribution in [-0.2, 0) is 10.8 Å². The first kappa shape index (κ1) is 31.8. The third kappa shape index (κ3) is 4.55. The Kier molecular flexibility index (Phi) is 6.76. The van der Waals surface area contributed by atoms with Crippen molar-refractivity contribution in [3.8, 4) is 33.4 Å². The Bertz CT molecular complexity index is 2970. The van der Waals surface area contributed by atoms with Crippen LogP contribution in [0.15, 0.2) is 186 Å². The maximum Gasteiger partial charge on any atom is 0.135 e. The molecule has 0 radical (unpaired) electrons. The van der Waals surface area contributed by atoms with Gasteiger partial charge in [-0.25, -0.2) is 0 Å². The molecule has 9 aromatic rings. The van der Waals surface area contributed by atoms with E-state index in [0.717, 1.165) is 39.0 Å². The molecular formula is C53H39NO. The summed E-state index contributed by atoms with van der Waals surface area (Å²) in [6.45, 7) is 7.13. The second kappa shape index (κ2) is 11.7. The van der Waals surface area contributed by atoms with Crippen molar-refractivity contribution >= 4 is 39.0 Å². The van der Waals surface area contributed by atoms with Gasteiger partial charge in [0, 0.05) is 38.7 Å². The number of fused-ring (bicyclic) bond motifs is 9. The zero-order valence-corrected chi connectivity index (χ0v) is 31.2. The van der Waals surface area contributed by atoms with Crippen molar-refractivity contribution in [2.24, 2.45) is 0 Å². The molecule has 8 aromatic carbocycles. The van der Waals surface area contributed by atoms with E-state index in [9.17, 15) is 0 Å². The fourth-order valence-electron chi connectivity index (χ4n) is 9.78. The molecule has 1 heterocycles. The number of para-hydroxylation sites is 1. The van der Waals surface area contributed by atoms with Crippen LogP contribution in [0.25, 0.3) is 55.3 Å². The molecule has 2 aliphatic rings. The highest BCUT2D eigenvalue weighted by atomic mass is 16.3. The van der Waals surface area contributed by atoms with Crippen LogP contribution in [0.3, 0.4) is 0 Å². The van der Waals surface area contributed by atoms with Crippen molar-refractivity contribution < 1.29 is 4.42 Å². The highest BCUT2D eigenvalue weighted by Crippen LogP contribution is 2.57. The smallest absolute Gasteiger partial charge is 0.135 e. The van der Waals surface area contributed by atoms with Gasteiger partial charge < -0.3 is 9.32 Å². The predicted molar refractivity (Wildman–Crippen MR) is 229 cm³/mol. The van der Waals surface area contributed by atoms with Gasteiger partial charge in [0.15, 0.2) is 0 Å². The minimum Gasteiger partial charge on any atom is -0.456 e. The average molecular weight is 706 g/mol. The maximum atomic E-state index is 6.32. The summed E-state index contributed by atoms with van der Waals surface area (Å²) >= 11 is 0. The summed E-state index contributed by atoms with van der Waals surface area (Å²) in [5.41, 5.74) is 19.0. The van der Waals surface area contributed by atoms with Gasteiger partial charge in [0.1, 0.15) is 11.2 Å². The third-order valence-electron chi connectivity index (χ3n) is 12.6. The Hall–Kier alpha value is -6.64. The van der Waals surface area contributed by atoms with Gasteiger partial charge in [0.25, 0.3) is 0 Å². The largest absolute Gasteiger partial charge is 0.456 e. The summed E-state index contributed by atoms with van der Waals surface area (Å²) in [4.78, 5) is 2.45. The molecule has 2 heteroatoms. The van der Waals surface area contributed by atoms with E-state index in [1.54, 1.807) is 0 Å². The van der Waals surface area contributed by atoms with Crippen LogP contribution in [0.2, 0.25) is 0 Å². The molecule has 11 rings (SSSR count). The summed E-state index contributed by atoms with van der Waals surface area (Å²) < 4.78 is 6.32. The lowest BCUT2D eigenvalue weighted by atomic mass is 9.74. The van der Waals surface area contributed by atoms with Gasteiger partial charge in [-0.3, -0.25) is 0 Å². The van der Waals surface area contributed by atoms with Crippen molar-refractivity contribution in [1.82, 2.24) is 0 Å². The Morgan fingerprint density at radius 1 is 0.400 bits per heavy atom. The molecule has 0 saturated carbocycles. The minimum absolute atomic E-state index is 0.127. The van der Waals surface area contributed by atoms with Crippen LogP contribution in [0.5, 0.6) is 0 Å². The predicted octanol–water partition coefficient (Wildman–Crippen LogP) is 14.4. The van der Waals surface area contributed by atoms with Gasteiger partial charge in [0.05, 0.1) is 0 Å². The Labute approximate surface area is 322 Å². The molecule has 262 valence electrons. The number of rotatable bonds is 5. The minimum atomic E-state index is -0.370. The first-order valence-electron chi connectivity index (χ1n) is 19.3. The third-order valence-corrected chi connectivity index (χ3v) is 12.6. The van der Waals surface area contributed by atoms with E-state index >= 15 is 0 Å². The Morgan fingerprint density at radius 3 is 1.80 bits per heavy atom. The number of anilines is 3. The molecule has 0 bridgehead atoms. The van der Waals surface area contributed by atoms with E-state index in [1.165, 1.54) is 61.2 Å². The SMILES string of the molecule is CC1(C)c2ccccc2-c2ccc(N(c3ccc4c(c3)C(C)(c3ccccc3)c3cccc(-c5ccccc5)c3-4)c3ccc4oc5ccccc5c4c3)cc21. The Morgan fingerprint density at radius 2 is 0.982 bits per heavy atom. The topological polar surface area (TPSA) is 16.4 Å². The van der Waals surface area contributed by atoms with E-state index in [2.05, 4.69) is 202 Å². The second-order valence-electron chi connectivity index (χ2n) is 15.8. The average Bonchev–Trinajstić information content (AvgIpc) is 3.82. The van der Waals surface area contributed by atoms with Crippen molar-refractivity contribution in [3.63, 3.8) is 0 Å². The molecule has 0 aliphatic heterocycles. The van der Waals surface area contributed by atoms with Crippen LogP contribution in [0.1, 0.15) is 48.6 Å². The number of hydrogen-bond acceptors (Lipinski definition) is 2. The first-order valence-corrected chi connectivity index (χ1v) is 19.3. The van der Waals surface area contributed by atoms with Crippen molar-refractivity contribution in [3.05, 3.63) is 210 Å². The molecular weight excluding hydrogens is 667 g/mol. The Balaban J connectivity index is 1.17. The first-order chi connectivity index (χ1) is 26.9. The lowest BCUT2D eigenvalue weighted by Crippen LogP contribution is -2.23. The highest BCUT2D eigenvalue weighted by Gasteiger charge is 2.42. The second-order valence-corrected chi connectivity index (χ2v) is 15.8. The van der Waals surface area contributed by atoms with Gasteiger partial charge >= 0.3 is 0 Å². The zero-order chi connectivity index (χ0) is 36.9. The van der Waals surface area contributed by atoms with Crippen LogP contribution in [0, 0.1) is 0 Å². The number of nitrogens with zero attached hydrogens (tertiary/aromatic N) is 1. The van der Waals surface area contributed by atoms with Crippen LogP contribution >= 0.6 is 0 Å². The van der Waals surface area contributed by atoms with Crippen molar-refractivity contribution in [2.75, 3.05) is 4.90 Å². The van der Waals surface area contributed by atoms with E-state index in [4.69, 9.17) is 4.42 Å². The fraction of sp³-hybridized carbons (Fsp3) is 0.0943. The molecule has 55 heavy (non-hydrogen) atoms. The van der Waals surface area contributed by atoms with Crippen LogP contribution in [-0.4, -0.2) is 0 Å². The summed E-state index contributed by atoms with van der Waals surface area (Å²) in [6.07, 6.45) is 0. The van der Waals surface area contributed by atoms with Crippen molar-refractivity contribution in [1.29, 1.82) is 0 Å². The fourth-order valence-corrected chi connectivity index (χ4v) is 9.78. The quantitative estimate of drug-likeness (QED) is 0.177. The van der Waals surface area contributed by atoms with Gasteiger partial charge in [-0.1, -0.05) is 147 Å². The summed E-state index contributed by atoms with van der Waals surface area (Å²) in [5.74, 6) is 0. The normalized spacial score (nSPS) is 16.1.